The molecule has 1 aromatic rings. The minimum atomic E-state index is -0.287. The zero-order valence-corrected chi connectivity index (χ0v) is 9.10. The first-order valence-corrected chi connectivity index (χ1v) is 5.51. The zero-order chi connectivity index (χ0) is 11.4. The molecular weight excluding hydrogens is 200 g/mol. The van der Waals surface area contributed by atoms with Crippen LogP contribution in [0.25, 0.3) is 0 Å². The Hall–Kier alpha value is -1.66. The predicted molar refractivity (Wildman–Crippen MR) is 60.6 cm³/mol. The molecule has 0 N–H and O–H groups in total. The summed E-state index contributed by atoms with van der Waals surface area (Å²) in [5.74, 6) is 0.238. The first-order chi connectivity index (χ1) is 7.81. The third kappa shape index (κ3) is 2.29. The minimum Gasteiger partial charge on any atom is -0.298 e. The molecule has 0 radical (unpaired) electrons. The molecule has 1 aliphatic heterocycles. The van der Waals surface area contributed by atoms with E-state index >= 15 is 0 Å². The number of nitriles is 1. The second-order valence-corrected chi connectivity index (χ2v) is 4.06. The second kappa shape index (κ2) is 4.91. The summed E-state index contributed by atoms with van der Waals surface area (Å²) in [5.41, 5.74) is 0.972. The zero-order valence-electron chi connectivity index (χ0n) is 9.10. The van der Waals surface area contributed by atoms with Gasteiger partial charge in [0, 0.05) is 13.0 Å². The van der Waals surface area contributed by atoms with E-state index < -0.39 is 0 Å². The molecule has 1 saturated heterocycles. The summed E-state index contributed by atoms with van der Waals surface area (Å²) in [6.45, 7) is 1.24. The van der Waals surface area contributed by atoms with Crippen molar-refractivity contribution >= 4 is 5.78 Å². The number of nitrogens with zero attached hydrogens (tertiary/aromatic N) is 2. The van der Waals surface area contributed by atoms with Gasteiger partial charge in [0.2, 0.25) is 0 Å². The van der Waals surface area contributed by atoms with E-state index in [1.54, 1.807) is 0 Å². The number of hydrogen-bond acceptors (Lipinski definition) is 3. The maximum absolute atomic E-state index is 11.4. The van der Waals surface area contributed by atoms with Crippen LogP contribution < -0.4 is 0 Å². The van der Waals surface area contributed by atoms with Crippen LogP contribution in [0.3, 0.4) is 0 Å². The molecule has 0 aliphatic carbocycles. The molecule has 3 nitrogen and oxygen atoms in total. The van der Waals surface area contributed by atoms with Gasteiger partial charge in [0.15, 0.2) is 0 Å². The van der Waals surface area contributed by atoms with Crippen LogP contribution in [-0.4, -0.2) is 23.8 Å². The van der Waals surface area contributed by atoms with Crippen molar-refractivity contribution in [2.24, 2.45) is 0 Å². The van der Waals surface area contributed by atoms with Gasteiger partial charge in [0.05, 0.1) is 12.6 Å². The SMILES string of the molecule is N#CC(c1ccccc1)N1CCCC(=O)C1. The van der Waals surface area contributed by atoms with Crippen molar-refractivity contribution in [1.29, 1.82) is 5.26 Å². The molecule has 82 valence electrons. The quantitative estimate of drug-likeness (QED) is 0.755. The lowest BCUT2D eigenvalue weighted by molar-refractivity contribution is -0.122. The van der Waals surface area contributed by atoms with Crippen LogP contribution in [0.4, 0.5) is 0 Å². The molecule has 16 heavy (non-hydrogen) atoms. The molecule has 1 heterocycles. The van der Waals surface area contributed by atoms with Gasteiger partial charge in [-0.25, -0.2) is 0 Å². The summed E-state index contributed by atoms with van der Waals surface area (Å²) in [5, 5.41) is 9.22. The molecule has 1 fully saturated rings. The number of hydrogen-bond donors (Lipinski definition) is 0. The van der Waals surface area contributed by atoms with Crippen LogP contribution in [0.2, 0.25) is 0 Å². The Kier molecular flexibility index (Phi) is 3.33. The number of benzene rings is 1. The number of Topliss-reactive ketones (excluding diaryl/α,β-unsaturated/α-hetero) is 1. The molecule has 1 atom stereocenters. The summed E-state index contributed by atoms with van der Waals surface area (Å²) in [6.07, 6.45) is 1.52. The average molecular weight is 214 g/mol. The van der Waals surface area contributed by atoms with Crippen molar-refractivity contribution in [3.63, 3.8) is 0 Å². The van der Waals surface area contributed by atoms with E-state index in [0.717, 1.165) is 18.5 Å². The number of likely N-dealkylation sites (tertiary alicyclic amines) is 1. The maximum Gasteiger partial charge on any atom is 0.146 e. The summed E-state index contributed by atoms with van der Waals surface area (Å²) >= 11 is 0. The van der Waals surface area contributed by atoms with Crippen LogP contribution >= 0.6 is 0 Å². The van der Waals surface area contributed by atoms with Crippen LogP contribution in [-0.2, 0) is 4.79 Å². The van der Waals surface area contributed by atoms with Gasteiger partial charge in [-0.3, -0.25) is 9.69 Å². The number of carbonyl (C=O) groups excluding carboxylic acids is 1. The third-order valence-electron chi connectivity index (χ3n) is 2.88. The highest BCUT2D eigenvalue weighted by Gasteiger charge is 2.25. The molecule has 0 bridgehead atoms. The first-order valence-electron chi connectivity index (χ1n) is 5.51. The maximum atomic E-state index is 11.4. The van der Waals surface area contributed by atoms with Gasteiger partial charge in [-0.2, -0.15) is 5.26 Å². The molecule has 0 saturated carbocycles. The van der Waals surface area contributed by atoms with E-state index in [0.29, 0.717) is 13.0 Å². The van der Waals surface area contributed by atoms with E-state index in [4.69, 9.17) is 0 Å². The van der Waals surface area contributed by atoms with E-state index in [2.05, 4.69) is 6.07 Å². The molecule has 1 aliphatic rings. The average Bonchev–Trinajstić information content (AvgIpc) is 2.31. The number of ketones is 1. The summed E-state index contributed by atoms with van der Waals surface area (Å²) in [6, 6.07) is 11.6. The van der Waals surface area contributed by atoms with Gasteiger partial charge in [-0.1, -0.05) is 30.3 Å². The lowest BCUT2D eigenvalue weighted by Crippen LogP contribution is -2.37. The van der Waals surface area contributed by atoms with Crippen molar-refractivity contribution in [2.45, 2.75) is 18.9 Å². The van der Waals surface area contributed by atoms with Gasteiger partial charge in [0.1, 0.15) is 11.8 Å². The van der Waals surface area contributed by atoms with E-state index in [1.807, 2.05) is 35.2 Å². The Balaban J connectivity index is 2.17. The highest BCUT2D eigenvalue weighted by Crippen LogP contribution is 2.22. The molecule has 1 unspecified atom stereocenters. The highest BCUT2D eigenvalue weighted by atomic mass is 16.1. The fraction of sp³-hybridized carbons (Fsp3) is 0.385. The van der Waals surface area contributed by atoms with E-state index in [1.165, 1.54) is 0 Å². The summed E-state index contributed by atoms with van der Waals surface area (Å²) in [7, 11) is 0. The van der Waals surface area contributed by atoms with Crippen molar-refractivity contribution < 1.29 is 4.79 Å². The Morgan fingerprint density at radius 1 is 1.31 bits per heavy atom. The molecule has 0 aromatic heterocycles. The molecule has 3 heteroatoms. The van der Waals surface area contributed by atoms with Crippen molar-refractivity contribution in [2.75, 3.05) is 13.1 Å². The van der Waals surface area contributed by atoms with Crippen molar-refractivity contribution in [1.82, 2.24) is 4.90 Å². The predicted octanol–water partition coefficient (Wildman–Crippen LogP) is 1.92. The second-order valence-electron chi connectivity index (χ2n) is 4.06. The van der Waals surface area contributed by atoms with Gasteiger partial charge >= 0.3 is 0 Å². The molecule has 1 aromatic carbocycles. The van der Waals surface area contributed by atoms with E-state index in [-0.39, 0.29) is 11.8 Å². The normalized spacial score (nSPS) is 19.1. The Morgan fingerprint density at radius 3 is 2.69 bits per heavy atom. The minimum absolute atomic E-state index is 0.238. The fourth-order valence-electron chi connectivity index (χ4n) is 2.09. The van der Waals surface area contributed by atoms with Crippen LogP contribution in [0.15, 0.2) is 30.3 Å². The molecule has 2 rings (SSSR count). The number of carbonyl (C=O) groups is 1. The van der Waals surface area contributed by atoms with Crippen molar-refractivity contribution in [3.05, 3.63) is 35.9 Å². The standard InChI is InChI=1S/C13H14N2O/c14-9-13(11-5-2-1-3-6-11)15-8-4-7-12(16)10-15/h1-3,5-6,13H,4,7-8,10H2. The largest absolute Gasteiger partial charge is 0.298 e. The fourth-order valence-corrected chi connectivity index (χ4v) is 2.09. The van der Waals surface area contributed by atoms with Crippen LogP contribution in [0.5, 0.6) is 0 Å². The van der Waals surface area contributed by atoms with Crippen LogP contribution in [0, 0.1) is 11.3 Å². The topological polar surface area (TPSA) is 44.1 Å². The van der Waals surface area contributed by atoms with Gasteiger partial charge in [0.25, 0.3) is 0 Å². The summed E-state index contributed by atoms with van der Waals surface area (Å²) in [4.78, 5) is 13.3. The smallest absolute Gasteiger partial charge is 0.146 e. The number of piperidine rings is 1. The Bertz CT molecular complexity index is 408. The molecular formula is C13H14N2O. The van der Waals surface area contributed by atoms with Gasteiger partial charge < -0.3 is 0 Å². The Labute approximate surface area is 95.3 Å². The lowest BCUT2D eigenvalue weighted by Gasteiger charge is -2.29. The summed E-state index contributed by atoms with van der Waals surface area (Å²) < 4.78 is 0. The van der Waals surface area contributed by atoms with Crippen molar-refractivity contribution in [3.8, 4) is 6.07 Å². The monoisotopic (exact) mass is 214 g/mol. The highest BCUT2D eigenvalue weighted by molar-refractivity contribution is 5.81. The van der Waals surface area contributed by atoms with Crippen LogP contribution in [0.1, 0.15) is 24.4 Å². The van der Waals surface area contributed by atoms with Gasteiger partial charge in [-0.05, 0) is 12.0 Å². The molecule has 0 amide bonds. The molecule has 0 spiro atoms. The van der Waals surface area contributed by atoms with E-state index in [9.17, 15) is 10.1 Å². The Morgan fingerprint density at radius 2 is 2.06 bits per heavy atom. The first kappa shape index (κ1) is 10.8. The lowest BCUT2D eigenvalue weighted by atomic mass is 10.0. The number of rotatable bonds is 2. The third-order valence-corrected chi connectivity index (χ3v) is 2.88. The van der Waals surface area contributed by atoms with Gasteiger partial charge in [-0.15, -0.1) is 0 Å².